The minimum Gasteiger partial charge on any atom is -1.00 e. The van der Waals surface area contributed by atoms with Crippen LogP contribution in [0, 0.1) is 0 Å². The lowest BCUT2D eigenvalue weighted by molar-refractivity contribution is -0.514. The fraction of sp³-hybridized carbons (Fsp3) is 0.609. The van der Waals surface area contributed by atoms with Crippen molar-refractivity contribution in [1.82, 2.24) is 8.87 Å². The van der Waals surface area contributed by atoms with Crippen molar-refractivity contribution in [2.75, 3.05) is 14.1 Å². The van der Waals surface area contributed by atoms with E-state index in [1.807, 2.05) is 28.8 Å². The second kappa shape index (κ2) is 14.1. The number of hydrogen-bond donors (Lipinski definition) is 0. The Hall–Kier alpha value is -1.08. The van der Waals surface area contributed by atoms with Crippen LogP contribution in [0.2, 0.25) is 5.02 Å². The number of hydrogen-bond acceptors (Lipinski definition) is 2. The molecule has 2 aromatic rings. The van der Waals surface area contributed by atoms with E-state index in [-0.39, 0.29) is 12.4 Å². The Bertz CT molecular complexity index is 883. The summed E-state index contributed by atoms with van der Waals surface area (Å²) in [5.74, 6) is 0. The number of imidazole rings is 1. The number of nitrogens with zero attached hydrogens (tertiary/aromatic N) is 3. The van der Waals surface area contributed by atoms with E-state index < -0.39 is 10.2 Å². The van der Waals surface area contributed by atoms with Crippen LogP contribution in [-0.4, -0.2) is 31.4 Å². The summed E-state index contributed by atoms with van der Waals surface area (Å²) in [5, 5.41) is 0.640. The molecule has 1 aromatic heterocycles. The highest BCUT2D eigenvalue weighted by Gasteiger charge is 2.26. The predicted molar refractivity (Wildman–Crippen MR) is 125 cm³/mol. The van der Waals surface area contributed by atoms with E-state index in [0.717, 1.165) is 30.6 Å². The number of aromatic nitrogens is 2. The number of aryl methyl sites for hydroxylation is 1. The molecule has 8 heteroatoms. The van der Waals surface area contributed by atoms with E-state index in [1.54, 1.807) is 26.6 Å². The first kappa shape index (κ1) is 28.0. The first-order valence-electron chi connectivity index (χ1n) is 11.2. The smallest absolute Gasteiger partial charge is 0.379 e. The Balaban J connectivity index is 0.00000480. The molecule has 0 bridgehead atoms. The number of rotatable bonds is 14. The predicted octanol–water partition coefficient (Wildman–Crippen LogP) is 2.68. The second-order valence-electron chi connectivity index (χ2n) is 8.14. The van der Waals surface area contributed by atoms with E-state index in [1.165, 1.54) is 59.6 Å². The minimum absolute atomic E-state index is 0. The van der Waals surface area contributed by atoms with Gasteiger partial charge in [0, 0.05) is 24.7 Å². The third kappa shape index (κ3) is 8.76. The summed E-state index contributed by atoms with van der Waals surface area (Å²) in [6, 6.07) is 7.55. The maximum atomic E-state index is 12.6. The first-order chi connectivity index (χ1) is 14.4. The molecule has 0 aliphatic carbocycles. The summed E-state index contributed by atoms with van der Waals surface area (Å²) in [7, 11) is -0.468. The maximum absolute atomic E-state index is 12.6. The lowest BCUT2D eigenvalue weighted by atomic mass is 10.1. The summed E-state index contributed by atoms with van der Waals surface area (Å²) < 4.78 is 29.7. The molecule has 1 heterocycles. The third-order valence-electron chi connectivity index (χ3n) is 5.41. The summed E-state index contributed by atoms with van der Waals surface area (Å²) >= 11 is 6.17. The molecule has 0 aliphatic rings. The first-order valence-corrected chi connectivity index (χ1v) is 12.9. The van der Waals surface area contributed by atoms with Gasteiger partial charge in [0.05, 0.1) is 6.54 Å². The van der Waals surface area contributed by atoms with Crippen molar-refractivity contribution < 1.29 is 24.8 Å². The van der Waals surface area contributed by atoms with E-state index in [4.69, 9.17) is 11.6 Å². The zero-order valence-electron chi connectivity index (χ0n) is 19.1. The average Bonchev–Trinajstić information content (AvgIpc) is 3.14. The Morgan fingerprint density at radius 2 is 1.55 bits per heavy atom. The van der Waals surface area contributed by atoms with Crippen LogP contribution in [0.25, 0.3) is 11.3 Å². The van der Waals surface area contributed by atoms with Gasteiger partial charge in [0.1, 0.15) is 0 Å². The molecule has 0 saturated heterocycles. The molecule has 1 aromatic carbocycles. The van der Waals surface area contributed by atoms with Gasteiger partial charge < -0.3 is 12.4 Å². The number of halogens is 2. The average molecular weight is 491 g/mol. The van der Waals surface area contributed by atoms with Gasteiger partial charge in [-0.3, -0.25) is 0 Å². The third-order valence-corrected chi connectivity index (χ3v) is 7.30. The molecule has 0 amide bonds. The Morgan fingerprint density at radius 1 is 0.968 bits per heavy atom. The summed E-state index contributed by atoms with van der Waals surface area (Å²) in [6.07, 6.45) is 16.1. The highest BCUT2D eigenvalue weighted by molar-refractivity contribution is 7.82. The standard InChI is InChI=1S/C23H37ClN3O2S.ClH/c1-4-5-6-7-8-9-10-11-12-13-17-26-20-27(30(28,29)25(2)3)19-23(26)21-15-14-16-22(24)18-21;/h14-16,18-20H,4-13,17H2,1-3H3;1H/q+1;/p-1. The molecule has 0 N–H and O–H groups in total. The van der Waals surface area contributed by atoms with Crippen LogP contribution in [-0.2, 0) is 16.8 Å². The molecule has 0 atom stereocenters. The highest BCUT2D eigenvalue weighted by atomic mass is 35.5. The maximum Gasteiger partial charge on any atom is 0.379 e. The van der Waals surface area contributed by atoms with Gasteiger partial charge in [0.15, 0.2) is 11.9 Å². The number of benzene rings is 1. The Labute approximate surface area is 200 Å². The van der Waals surface area contributed by atoms with Gasteiger partial charge in [-0.25, -0.2) is 4.57 Å². The summed E-state index contributed by atoms with van der Waals surface area (Å²) in [4.78, 5) is 0. The van der Waals surface area contributed by atoms with E-state index in [0.29, 0.717) is 5.02 Å². The van der Waals surface area contributed by atoms with Crippen molar-refractivity contribution in [2.24, 2.45) is 0 Å². The van der Waals surface area contributed by atoms with Crippen molar-refractivity contribution in [3.8, 4) is 11.3 Å². The SMILES string of the molecule is CCCCCCCCCCCCn1c[n+](S(=O)(=O)N(C)C)cc1-c1cccc(Cl)c1.[Cl-]. The van der Waals surface area contributed by atoms with Crippen LogP contribution in [0.5, 0.6) is 0 Å². The lowest BCUT2D eigenvalue weighted by Gasteiger charge is -2.05. The van der Waals surface area contributed by atoms with Crippen molar-refractivity contribution >= 4 is 21.8 Å². The van der Waals surface area contributed by atoms with Crippen molar-refractivity contribution in [3.63, 3.8) is 0 Å². The molecule has 0 saturated carbocycles. The topological polar surface area (TPSA) is 46.2 Å². The summed E-state index contributed by atoms with van der Waals surface area (Å²) in [6.45, 7) is 3.04. The quantitative estimate of drug-likeness (QED) is 0.302. The van der Waals surface area contributed by atoms with Gasteiger partial charge in [0.2, 0.25) is 0 Å². The van der Waals surface area contributed by atoms with E-state index in [9.17, 15) is 8.42 Å². The van der Waals surface area contributed by atoms with Gasteiger partial charge in [-0.05, 0) is 25.0 Å². The Kier molecular flexibility index (Phi) is 12.8. The molecule has 0 spiro atoms. The fourth-order valence-corrected chi connectivity index (χ4v) is 4.61. The van der Waals surface area contributed by atoms with E-state index in [2.05, 4.69) is 6.92 Å². The van der Waals surface area contributed by atoms with Gasteiger partial charge in [0.25, 0.3) is 6.33 Å². The zero-order valence-corrected chi connectivity index (χ0v) is 21.4. The molecule has 31 heavy (non-hydrogen) atoms. The van der Waals surface area contributed by atoms with Crippen molar-refractivity contribution in [2.45, 2.75) is 77.7 Å². The van der Waals surface area contributed by atoms with Gasteiger partial charge in [-0.2, -0.15) is 12.7 Å². The van der Waals surface area contributed by atoms with Crippen molar-refractivity contribution in [1.29, 1.82) is 0 Å². The minimum atomic E-state index is -3.55. The molecule has 0 fully saturated rings. The fourth-order valence-electron chi connectivity index (χ4n) is 3.58. The molecule has 176 valence electrons. The lowest BCUT2D eigenvalue weighted by Crippen LogP contribution is -3.00. The molecule has 5 nitrogen and oxygen atoms in total. The van der Waals surface area contributed by atoms with Crippen LogP contribution < -0.4 is 16.4 Å². The molecule has 2 rings (SSSR count). The molecular formula is C23H37Cl2N3O2S. The van der Waals surface area contributed by atoms with Crippen LogP contribution in [0.4, 0.5) is 0 Å². The zero-order chi connectivity index (χ0) is 22.0. The van der Waals surface area contributed by atoms with Gasteiger partial charge in [-0.15, -0.1) is 3.97 Å². The van der Waals surface area contributed by atoms with Crippen LogP contribution >= 0.6 is 11.6 Å². The number of unbranched alkanes of at least 4 members (excludes halogenated alkanes) is 9. The largest absolute Gasteiger partial charge is 1.00 e. The molecule has 0 radical (unpaired) electrons. The molecular weight excluding hydrogens is 453 g/mol. The Morgan fingerprint density at radius 3 is 2.10 bits per heavy atom. The molecule has 0 unspecified atom stereocenters. The van der Waals surface area contributed by atoms with Crippen LogP contribution in [0.1, 0.15) is 71.1 Å². The molecule has 0 aliphatic heterocycles. The van der Waals surface area contributed by atoms with Crippen LogP contribution in [0.3, 0.4) is 0 Å². The summed E-state index contributed by atoms with van der Waals surface area (Å²) in [5.41, 5.74) is 1.78. The van der Waals surface area contributed by atoms with Gasteiger partial charge >= 0.3 is 10.2 Å². The normalized spacial score (nSPS) is 11.6. The monoisotopic (exact) mass is 489 g/mol. The van der Waals surface area contributed by atoms with Gasteiger partial charge in [-0.1, -0.05) is 82.0 Å². The van der Waals surface area contributed by atoms with Crippen molar-refractivity contribution in [3.05, 3.63) is 41.8 Å². The van der Waals surface area contributed by atoms with E-state index >= 15 is 0 Å². The van der Waals surface area contributed by atoms with Crippen LogP contribution in [0.15, 0.2) is 36.8 Å². The highest BCUT2D eigenvalue weighted by Crippen LogP contribution is 2.23. The second-order valence-corrected chi connectivity index (χ2v) is 10.6.